The number of benzene rings is 2. The summed E-state index contributed by atoms with van der Waals surface area (Å²) in [6.07, 6.45) is -0.0141. The van der Waals surface area contributed by atoms with Crippen molar-refractivity contribution in [3.8, 4) is 5.75 Å². The van der Waals surface area contributed by atoms with E-state index in [1.54, 1.807) is 6.07 Å². The number of fused-ring (bicyclic) bond motifs is 1. The maximum atomic E-state index is 13.6. The number of nitrogens with zero attached hydrogens (tertiary/aromatic N) is 1. The van der Waals surface area contributed by atoms with Crippen LogP contribution in [0.4, 0.5) is 4.39 Å². The molecule has 25 heavy (non-hydrogen) atoms. The summed E-state index contributed by atoms with van der Waals surface area (Å²) in [5, 5.41) is 19.8. The lowest BCUT2D eigenvalue weighted by Gasteiger charge is -2.12. The molecule has 0 amide bonds. The van der Waals surface area contributed by atoms with Crippen LogP contribution in [0.3, 0.4) is 0 Å². The van der Waals surface area contributed by atoms with Crippen LogP contribution in [0.25, 0.3) is 10.9 Å². The molecule has 5 nitrogen and oxygen atoms in total. The van der Waals surface area contributed by atoms with E-state index in [-0.39, 0.29) is 33.7 Å². The number of carboxylic acids is 1. The second-order valence-corrected chi connectivity index (χ2v) is 6.06. The summed E-state index contributed by atoms with van der Waals surface area (Å²) >= 11 is 5.65. The Kier molecular flexibility index (Phi) is 4.22. The molecule has 3 rings (SSSR count). The van der Waals surface area contributed by atoms with E-state index in [1.807, 2.05) is 0 Å². The molecule has 1 heterocycles. The Balaban J connectivity index is 2.21. The molecule has 0 saturated heterocycles. The first kappa shape index (κ1) is 17.0. The Morgan fingerprint density at radius 2 is 1.96 bits per heavy atom. The van der Waals surface area contributed by atoms with Gasteiger partial charge in [0.2, 0.25) is 0 Å². The zero-order valence-corrected chi connectivity index (χ0v) is 13.8. The van der Waals surface area contributed by atoms with Crippen LogP contribution in [-0.4, -0.2) is 20.7 Å². The van der Waals surface area contributed by atoms with Crippen molar-refractivity contribution in [1.29, 1.82) is 0 Å². The molecule has 0 aliphatic rings. The fourth-order valence-corrected chi connectivity index (χ4v) is 2.86. The topological polar surface area (TPSA) is 79.5 Å². The Hall–Kier alpha value is -2.86. The molecule has 3 aromatic rings. The predicted molar refractivity (Wildman–Crippen MR) is 92.0 cm³/mol. The van der Waals surface area contributed by atoms with Gasteiger partial charge in [0.1, 0.15) is 11.6 Å². The summed E-state index contributed by atoms with van der Waals surface area (Å²) in [6.45, 7) is 0. The molecule has 2 aromatic carbocycles. The van der Waals surface area contributed by atoms with Gasteiger partial charge in [0.25, 0.3) is 5.56 Å². The molecule has 0 saturated carbocycles. The normalized spacial score (nSPS) is 11.0. The van der Waals surface area contributed by atoms with Crippen molar-refractivity contribution < 1.29 is 19.4 Å². The third-order valence-electron chi connectivity index (χ3n) is 4.07. The number of carbonyl (C=O) groups is 1. The van der Waals surface area contributed by atoms with Crippen LogP contribution < -0.4 is 5.56 Å². The van der Waals surface area contributed by atoms with Crippen LogP contribution in [0.1, 0.15) is 21.5 Å². The molecule has 128 valence electrons. The third-order valence-corrected chi connectivity index (χ3v) is 4.38. The van der Waals surface area contributed by atoms with Gasteiger partial charge in [-0.15, -0.1) is 0 Å². The zero-order chi connectivity index (χ0) is 18.3. The lowest BCUT2D eigenvalue weighted by atomic mass is 10.0. The van der Waals surface area contributed by atoms with E-state index >= 15 is 0 Å². The molecule has 0 atom stereocenters. The summed E-state index contributed by atoms with van der Waals surface area (Å²) in [6, 6.07) is 8.25. The van der Waals surface area contributed by atoms with Crippen molar-refractivity contribution >= 4 is 28.5 Å². The van der Waals surface area contributed by atoms with Crippen molar-refractivity contribution in [2.24, 2.45) is 7.05 Å². The maximum Gasteiger partial charge on any atom is 0.335 e. The number of rotatable bonds is 3. The van der Waals surface area contributed by atoms with E-state index in [9.17, 15) is 19.1 Å². The molecule has 0 fully saturated rings. The van der Waals surface area contributed by atoms with Crippen LogP contribution in [0, 0.1) is 5.82 Å². The van der Waals surface area contributed by atoms with E-state index in [4.69, 9.17) is 16.7 Å². The number of aromatic carboxylic acids is 1. The van der Waals surface area contributed by atoms with Gasteiger partial charge in [0.05, 0.1) is 21.7 Å². The van der Waals surface area contributed by atoms with Gasteiger partial charge in [-0.3, -0.25) is 4.79 Å². The van der Waals surface area contributed by atoms with E-state index in [2.05, 4.69) is 0 Å². The number of hydrogen-bond donors (Lipinski definition) is 2. The van der Waals surface area contributed by atoms with E-state index in [0.717, 1.165) is 0 Å². The number of aromatic hydroxyl groups is 1. The first-order chi connectivity index (χ1) is 11.8. The van der Waals surface area contributed by atoms with Gasteiger partial charge >= 0.3 is 5.97 Å². The van der Waals surface area contributed by atoms with Crippen LogP contribution in [-0.2, 0) is 13.5 Å². The van der Waals surface area contributed by atoms with E-state index in [0.29, 0.717) is 11.1 Å². The minimum Gasteiger partial charge on any atom is -0.507 e. The summed E-state index contributed by atoms with van der Waals surface area (Å²) in [7, 11) is 1.52. The standard InChI is InChI=1S/C18H13ClFNO4/c1-21-15-5-3-10(18(24)25)8-11(15)16(22)12(17(21)23)6-9-2-4-13(19)14(20)7-9/h2-5,7-8,22H,6H2,1H3,(H,24,25). The van der Waals surface area contributed by atoms with Crippen molar-refractivity contribution in [2.75, 3.05) is 0 Å². The second kappa shape index (κ2) is 6.22. The highest BCUT2D eigenvalue weighted by molar-refractivity contribution is 6.30. The van der Waals surface area contributed by atoms with Crippen LogP contribution in [0.2, 0.25) is 5.02 Å². The summed E-state index contributed by atoms with van der Waals surface area (Å²) in [4.78, 5) is 23.7. The zero-order valence-electron chi connectivity index (χ0n) is 13.1. The maximum absolute atomic E-state index is 13.6. The van der Waals surface area contributed by atoms with Gasteiger partial charge in [0.15, 0.2) is 0 Å². The van der Waals surface area contributed by atoms with Crippen LogP contribution in [0.15, 0.2) is 41.2 Å². The highest BCUT2D eigenvalue weighted by Crippen LogP contribution is 2.29. The summed E-state index contributed by atoms with van der Waals surface area (Å²) in [5.41, 5.74) is 0.467. The smallest absolute Gasteiger partial charge is 0.335 e. The lowest BCUT2D eigenvalue weighted by Crippen LogP contribution is -2.22. The molecule has 2 N–H and O–H groups in total. The first-order valence-corrected chi connectivity index (χ1v) is 7.69. The number of pyridine rings is 1. The number of hydrogen-bond acceptors (Lipinski definition) is 3. The Bertz CT molecular complexity index is 1070. The fraction of sp³-hybridized carbons (Fsp3) is 0.111. The van der Waals surface area contributed by atoms with Gasteiger partial charge in [-0.2, -0.15) is 0 Å². The average Bonchev–Trinajstić information content (AvgIpc) is 2.59. The van der Waals surface area contributed by atoms with Crippen molar-refractivity contribution in [3.63, 3.8) is 0 Å². The minimum atomic E-state index is -1.14. The van der Waals surface area contributed by atoms with E-state index in [1.165, 1.54) is 41.9 Å². The van der Waals surface area contributed by atoms with Gasteiger partial charge < -0.3 is 14.8 Å². The average molecular weight is 362 g/mol. The molecule has 0 aliphatic heterocycles. The SMILES string of the molecule is Cn1c(=O)c(Cc2ccc(Cl)c(F)c2)c(O)c2cc(C(=O)O)ccc21. The number of carboxylic acid groups (broad SMARTS) is 1. The molecule has 0 spiro atoms. The summed E-state index contributed by atoms with van der Waals surface area (Å²) in [5.74, 6) is -2.07. The third kappa shape index (κ3) is 2.96. The highest BCUT2D eigenvalue weighted by Gasteiger charge is 2.17. The Labute approximate surface area is 146 Å². The number of aryl methyl sites for hydroxylation is 1. The van der Waals surface area contributed by atoms with Crippen molar-refractivity contribution in [1.82, 2.24) is 4.57 Å². The van der Waals surface area contributed by atoms with Crippen LogP contribution in [0.5, 0.6) is 5.75 Å². The quantitative estimate of drug-likeness (QED) is 0.750. The van der Waals surface area contributed by atoms with Crippen molar-refractivity contribution in [3.05, 3.63) is 74.3 Å². The molecular weight excluding hydrogens is 349 g/mol. The number of halogens is 2. The first-order valence-electron chi connectivity index (χ1n) is 7.31. The molecule has 1 aromatic heterocycles. The molecule has 7 heteroatoms. The molecule has 0 aliphatic carbocycles. The van der Waals surface area contributed by atoms with E-state index < -0.39 is 17.3 Å². The highest BCUT2D eigenvalue weighted by atomic mass is 35.5. The fourth-order valence-electron chi connectivity index (χ4n) is 2.74. The minimum absolute atomic E-state index is 0.00932. The summed E-state index contributed by atoms with van der Waals surface area (Å²) < 4.78 is 14.9. The number of aromatic nitrogens is 1. The molecular formula is C18H13ClFNO4. The molecule has 0 unspecified atom stereocenters. The van der Waals surface area contributed by atoms with Crippen LogP contribution >= 0.6 is 11.6 Å². The van der Waals surface area contributed by atoms with Gasteiger partial charge in [-0.25, -0.2) is 9.18 Å². The van der Waals surface area contributed by atoms with Gasteiger partial charge in [-0.05, 0) is 35.9 Å². The van der Waals surface area contributed by atoms with Gasteiger partial charge in [-0.1, -0.05) is 17.7 Å². The lowest BCUT2D eigenvalue weighted by molar-refractivity contribution is 0.0697. The Morgan fingerprint density at radius 1 is 1.24 bits per heavy atom. The molecule has 0 radical (unpaired) electrons. The van der Waals surface area contributed by atoms with Crippen molar-refractivity contribution in [2.45, 2.75) is 6.42 Å². The largest absolute Gasteiger partial charge is 0.507 e. The molecule has 0 bridgehead atoms. The monoisotopic (exact) mass is 361 g/mol. The predicted octanol–water partition coefficient (Wildman–Crippen LogP) is 3.33. The van der Waals surface area contributed by atoms with Gasteiger partial charge in [0, 0.05) is 18.9 Å². The Morgan fingerprint density at radius 3 is 2.60 bits per heavy atom. The second-order valence-electron chi connectivity index (χ2n) is 5.65.